The molecule has 0 fully saturated rings. The number of benzene rings is 6. The molecule has 2 heterocycles. The van der Waals surface area contributed by atoms with Crippen molar-refractivity contribution < 1.29 is 0 Å². The van der Waals surface area contributed by atoms with Crippen LogP contribution in [0, 0.1) is 6.92 Å². The van der Waals surface area contributed by atoms with E-state index in [0.29, 0.717) is 0 Å². The highest BCUT2D eigenvalue weighted by Gasteiger charge is 2.48. The lowest BCUT2D eigenvalue weighted by Crippen LogP contribution is -2.62. The van der Waals surface area contributed by atoms with Crippen molar-refractivity contribution in [2.75, 3.05) is 9.80 Å². The Morgan fingerprint density at radius 1 is 0.444 bits per heavy atom. The first-order valence-electron chi connectivity index (χ1n) is 23.8. The van der Waals surface area contributed by atoms with Crippen LogP contribution in [0.2, 0.25) is 0 Å². The molecule has 2 nitrogen and oxygen atoms in total. The second-order valence-electron chi connectivity index (χ2n) is 24.7. The Balaban J connectivity index is 1.38. The maximum absolute atomic E-state index is 2.70. The molecule has 0 N–H and O–H groups in total. The topological polar surface area (TPSA) is 6.48 Å². The quantitative estimate of drug-likeness (QED) is 0.160. The zero-order valence-corrected chi connectivity index (χ0v) is 41.2. The van der Waals surface area contributed by atoms with Crippen LogP contribution in [0.4, 0.5) is 34.1 Å². The number of rotatable bonds is 2. The Morgan fingerprint density at radius 2 is 0.968 bits per heavy atom. The summed E-state index contributed by atoms with van der Waals surface area (Å²) in [5.41, 5.74) is 25.8. The van der Waals surface area contributed by atoms with Gasteiger partial charge in [0.2, 0.25) is 0 Å². The van der Waals surface area contributed by atoms with E-state index in [-0.39, 0.29) is 39.2 Å². The van der Waals surface area contributed by atoms with E-state index >= 15 is 0 Å². The highest BCUT2D eigenvalue weighted by molar-refractivity contribution is 7.00. The predicted octanol–water partition coefficient (Wildman–Crippen LogP) is 14.6. The van der Waals surface area contributed by atoms with Crippen molar-refractivity contribution in [1.82, 2.24) is 0 Å². The molecule has 2 aliphatic carbocycles. The molecular formula is C60H69BN2. The third kappa shape index (κ3) is 6.18. The van der Waals surface area contributed by atoms with Gasteiger partial charge in [-0.25, -0.2) is 0 Å². The van der Waals surface area contributed by atoms with Gasteiger partial charge in [-0.2, -0.15) is 0 Å². The summed E-state index contributed by atoms with van der Waals surface area (Å²) in [5.74, 6) is 0. The Hall–Kier alpha value is -5.02. The first-order valence-corrected chi connectivity index (χ1v) is 23.8. The minimum absolute atomic E-state index is 0.0205. The normalized spacial score (nSPS) is 17.7. The maximum Gasteiger partial charge on any atom is 0.252 e. The minimum atomic E-state index is -0.113. The fourth-order valence-electron chi connectivity index (χ4n) is 11.8. The van der Waals surface area contributed by atoms with E-state index < -0.39 is 0 Å². The van der Waals surface area contributed by atoms with Crippen molar-refractivity contribution in [3.05, 3.63) is 148 Å². The molecule has 6 aromatic carbocycles. The van der Waals surface area contributed by atoms with Crippen molar-refractivity contribution in [3.63, 3.8) is 0 Å². The van der Waals surface area contributed by atoms with Crippen LogP contribution in [0.1, 0.15) is 161 Å². The van der Waals surface area contributed by atoms with Crippen LogP contribution < -0.4 is 26.2 Å². The molecule has 0 amide bonds. The molecule has 63 heavy (non-hydrogen) atoms. The summed E-state index contributed by atoms with van der Waals surface area (Å²) in [4.78, 5) is 5.39. The van der Waals surface area contributed by atoms with Crippen LogP contribution in [0.15, 0.2) is 103 Å². The molecule has 0 unspecified atom stereocenters. The van der Waals surface area contributed by atoms with Gasteiger partial charge in [0.15, 0.2) is 0 Å². The SMILES string of the molecule is Cc1cc(C(C)(C)C)ccc1N1c2cc3c(cc2B2c4cc(C(C)(C)C)ccc4N(c4cccc5c4-c4ccccc4C5(C)C)c4cc(C(C)(C)C)cc1c42)C(C)(C)CCC3(C)C. The Kier molecular flexibility index (Phi) is 8.84. The molecule has 0 spiro atoms. The van der Waals surface area contributed by atoms with Gasteiger partial charge in [0, 0.05) is 39.4 Å². The molecule has 4 aliphatic rings. The fraction of sp³-hybridized carbons (Fsp3) is 0.400. The Morgan fingerprint density at radius 3 is 1.57 bits per heavy atom. The molecule has 2 aliphatic heterocycles. The second-order valence-corrected chi connectivity index (χ2v) is 24.7. The van der Waals surface area contributed by atoms with E-state index in [9.17, 15) is 0 Å². The lowest BCUT2D eigenvalue weighted by molar-refractivity contribution is 0.332. The summed E-state index contributed by atoms with van der Waals surface area (Å²) in [6.45, 7) is 38.4. The smallest absolute Gasteiger partial charge is 0.252 e. The first kappa shape index (κ1) is 42.0. The molecule has 0 saturated heterocycles. The Labute approximate surface area is 380 Å². The van der Waals surface area contributed by atoms with Crippen molar-refractivity contribution in [3.8, 4) is 11.1 Å². The summed E-state index contributed by atoms with van der Waals surface area (Å²) in [5, 5.41) is 0. The highest BCUT2D eigenvalue weighted by Crippen LogP contribution is 2.56. The number of aryl methyl sites for hydroxylation is 1. The average molecular weight is 829 g/mol. The highest BCUT2D eigenvalue weighted by atomic mass is 15.2. The van der Waals surface area contributed by atoms with Crippen molar-refractivity contribution in [1.29, 1.82) is 0 Å². The summed E-state index contributed by atoms with van der Waals surface area (Å²) in [7, 11) is 0. The predicted molar refractivity (Wildman–Crippen MR) is 274 cm³/mol. The van der Waals surface area contributed by atoms with Gasteiger partial charge in [0.1, 0.15) is 0 Å². The molecule has 6 aromatic rings. The molecule has 322 valence electrons. The summed E-state index contributed by atoms with van der Waals surface area (Å²) < 4.78 is 0. The third-order valence-electron chi connectivity index (χ3n) is 15.9. The van der Waals surface area contributed by atoms with Crippen molar-refractivity contribution in [2.45, 2.75) is 156 Å². The molecule has 10 rings (SSSR count). The number of hydrogen-bond donors (Lipinski definition) is 0. The lowest BCUT2D eigenvalue weighted by atomic mass is 9.32. The molecule has 3 heteroatoms. The van der Waals surface area contributed by atoms with Crippen LogP contribution in [0.3, 0.4) is 0 Å². The van der Waals surface area contributed by atoms with Gasteiger partial charge in [-0.1, -0.05) is 171 Å². The monoisotopic (exact) mass is 829 g/mol. The van der Waals surface area contributed by atoms with E-state index in [2.05, 4.69) is 224 Å². The van der Waals surface area contributed by atoms with Crippen molar-refractivity contribution >= 4 is 57.2 Å². The van der Waals surface area contributed by atoms with Gasteiger partial charge in [-0.15, -0.1) is 0 Å². The van der Waals surface area contributed by atoms with Gasteiger partial charge in [-0.3, -0.25) is 0 Å². The largest absolute Gasteiger partial charge is 0.311 e. The van der Waals surface area contributed by atoms with Gasteiger partial charge < -0.3 is 9.80 Å². The number of nitrogens with zero attached hydrogens (tertiary/aromatic N) is 2. The van der Waals surface area contributed by atoms with Gasteiger partial charge in [0.05, 0.1) is 5.69 Å². The molecule has 0 saturated carbocycles. The van der Waals surface area contributed by atoms with Gasteiger partial charge in [-0.05, 0) is 150 Å². The first-order chi connectivity index (χ1) is 29.3. The van der Waals surface area contributed by atoms with Crippen LogP contribution in [-0.4, -0.2) is 6.71 Å². The number of hydrogen-bond acceptors (Lipinski definition) is 2. The molecule has 0 bridgehead atoms. The van der Waals surface area contributed by atoms with Crippen LogP contribution in [0.25, 0.3) is 11.1 Å². The molecule has 0 atom stereocenters. The summed E-state index contributed by atoms with van der Waals surface area (Å²) in [6.07, 6.45) is 2.36. The standard InChI is InChI=1S/C60H69BN2/c1-36-30-37(55(2,3)4)24-26-47(36)62-50-35-44-43(58(11,12)28-29-59(44,13)14)34-46(50)61-45-31-38(56(5,6)7)25-27-48(45)63(52-33-39(57(8,9)10)32-51(62)54(52)61)49-23-19-22-42-53(49)40-20-17-18-21-41(40)60(42,15)16/h17-27,30-35H,28-29H2,1-16H3. The summed E-state index contributed by atoms with van der Waals surface area (Å²) >= 11 is 0. The maximum atomic E-state index is 2.70. The van der Waals surface area contributed by atoms with E-state index in [1.807, 2.05) is 0 Å². The summed E-state index contributed by atoms with van der Waals surface area (Å²) in [6, 6.07) is 41.5. The molecule has 0 radical (unpaired) electrons. The van der Waals surface area contributed by atoms with Crippen LogP contribution >= 0.6 is 0 Å². The molecule has 0 aromatic heterocycles. The van der Waals surface area contributed by atoms with Crippen LogP contribution in [0.5, 0.6) is 0 Å². The zero-order valence-electron chi connectivity index (χ0n) is 41.2. The Bertz CT molecular complexity index is 2900. The zero-order chi connectivity index (χ0) is 45.1. The average Bonchev–Trinajstić information content (AvgIpc) is 3.44. The van der Waals surface area contributed by atoms with Crippen molar-refractivity contribution in [2.24, 2.45) is 0 Å². The van der Waals surface area contributed by atoms with E-state index in [0.717, 1.165) is 0 Å². The van der Waals surface area contributed by atoms with Gasteiger partial charge in [0.25, 0.3) is 6.71 Å². The van der Waals surface area contributed by atoms with E-state index in [1.165, 1.54) is 119 Å². The minimum Gasteiger partial charge on any atom is -0.311 e. The number of anilines is 6. The van der Waals surface area contributed by atoms with E-state index in [1.54, 1.807) is 0 Å². The molecular weight excluding hydrogens is 759 g/mol. The number of fused-ring (bicyclic) bond motifs is 8. The van der Waals surface area contributed by atoms with E-state index in [4.69, 9.17) is 0 Å². The fourth-order valence-corrected chi connectivity index (χ4v) is 11.8. The lowest BCUT2D eigenvalue weighted by Gasteiger charge is -2.48. The second kappa shape index (κ2) is 13.3. The third-order valence-corrected chi connectivity index (χ3v) is 15.9. The van der Waals surface area contributed by atoms with Crippen LogP contribution in [-0.2, 0) is 32.5 Å². The van der Waals surface area contributed by atoms with Gasteiger partial charge >= 0.3 is 0 Å².